The van der Waals surface area contributed by atoms with Crippen LogP contribution in [0.25, 0.3) is 0 Å². The highest BCUT2D eigenvalue weighted by Crippen LogP contribution is 2.16. The van der Waals surface area contributed by atoms with Crippen LogP contribution in [0.1, 0.15) is 38.2 Å². The van der Waals surface area contributed by atoms with E-state index in [2.05, 4.69) is 22.9 Å². The van der Waals surface area contributed by atoms with E-state index in [4.69, 9.17) is 0 Å². The van der Waals surface area contributed by atoms with Gasteiger partial charge in [-0.15, -0.1) is 0 Å². The van der Waals surface area contributed by atoms with Crippen molar-refractivity contribution in [2.45, 2.75) is 39.0 Å². The van der Waals surface area contributed by atoms with Gasteiger partial charge in [0.25, 0.3) is 0 Å². The van der Waals surface area contributed by atoms with E-state index in [-0.39, 0.29) is 18.0 Å². The topological polar surface area (TPSA) is 17.1 Å². The van der Waals surface area contributed by atoms with Crippen molar-refractivity contribution >= 4 is 21.7 Å². The second kappa shape index (κ2) is 6.79. The van der Waals surface area contributed by atoms with Crippen LogP contribution < -0.4 is 0 Å². The Hall–Kier alpha value is -0.700. The van der Waals surface area contributed by atoms with Crippen molar-refractivity contribution in [2.75, 3.05) is 0 Å². The summed E-state index contributed by atoms with van der Waals surface area (Å²) in [5, 5.41) is 0. The van der Waals surface area contributed by atoms with Crippen molar-refractivity contribution in [3.63, 3.8) is 0 Å². The highest BCUT2D eigenvalue weighted by Gasteiger charge is 2.08. The van der Waals surface area contributed by atoms with Crippen LogP contribution in [0.4, 0.5) is 4.39 Å². The first-order valence-electron chi connectivity index (χ1n) is 5.59. The van der Waals surface area contributed by atoms with Gasteiger partial charge in [0, 0.05) is 17.3 Å². The first-order chi connectivity index (χ1) is 7.63. The number of Topliss-reactive ketones (excluding diaryl/α,β-unsaturated/α-hetero) is 1. The third kappa shape index (κ3) is 4.44. The number of unbranched alkanes of at least 4 members (excludes halogenated alkanes) is 2. The second-order valence-electron chi connectivity index (χ2n) is 3.91. The van der Waals surface area contributed by atoms with Crippen LogP contribution >= 0.6 is 15.9 Å². The Bertz CT molecular complexity index is 363. The molecule has 0 atom stereocenters. The number of hydrogen-bond acceptors (Lipinski definition) is 1. The molecular formula is C13H16BrFO. The highest BCUT2D eigenvalue weighted by atomic mass is 79.9. The monoisotopic (exact) mass is 286 g/mol. The molecule has 0 saturated carbocycles. The van der Waals surface area contributed by atoms with E-state index in [9.17, 15) is 9.18 Å². The van der Waals surface area contributed by atoms with Crippen LogP contribution in [-0.2, 0) is 11.2 Å². The van der Waals surface area contributed by atoms with Crippen molar-refractivity contribution in [2.24, 2.45) is 0 Å². The van der Waals surface area contributed by atoms with Crippen molar-refractivity contribution in [1.29, 1.82) is 0 Å². The molecule has 16 heavy (non-hydrogen) atoms. The maximum absolute atomic E-state index is 13.4. The Balaban J connectivity index is 2.49. The number of rotatable bonds is 6. The molecule has 0 saturated heterocycles. The van der Waals surface area contributed by atoms with Crippen LogP contribution in [0.3, 0.4) is 0 Å². The molecule has 1 nitrogen and oxygen atoms in total. The minimum atomic E-state index is -0.307. The van der Waals surface area contributed by atoms with Gasteiger partial charge in [-0.3, -0.25) is 4.79 Å². The minimum Gasteiger partial charge on any atom is -0.299 e. The lowest BCUT2D eigenvalue weighted by Gasteiger charge is -2.03. The number of benzene rings is 1. The molecule has 0 aliphatic carbocycles. The van der Waals surface area contributed by atoms with E-state index in [0.29, 0.717) is 16.5 Å². The summed E-state index contributed by atoms with van der Waals surface area (Å²) in [7, 11) is 0. The minimum absolute atomic E-state index is 0.120. The summed E-state index contributed by atoms with van der Waals surface area (Å²) in [6.45, 7) is 2.10. The molecule has 0 radical (unpaired) electrons. The zero-order valence-electron chi connectivity index (χ0n) is 9.43. The van der Waals surface area contributed by atoms with E-state index in [1.54, 1.807) is 12.1 Å². The zero-order valence-corrected chi connectivity index (χ0v) is 11.0. The van der Waals surface area contributed by atoms with E-state index < -0.39 is 0 Å². The fraction of sp³-hybridized carbons (Fsp3) is 0.462. The van der Waals surface area contributed by atoms with Gasteiger partial charge in [0.1, 0.15) is 11.6 Å². The molecule has 1 aromatic carbocycles. The number of carbonyl (C=O) groups excluding carboxylic acids is 1. The van der Waals surface area contributed by atoms with Gasteiger partial charge in [-0.05, 0) is 24.1 Å². The quantitative estimate of drug-likeness (QED) is 0.714. The van der Waals surface area contributed by atoms with Gasteiger partial charge in [-0.25, -0.2) is 4.39 Å². The third-order valence-electron chi connectivity index (χ3n) is 2.46. The van der Waals surface area contributed by atoms with Gasteiger partial charge in [-0.2, -0.15) is 0 Å². The van der Waals surface area contributed by atoms with Gasteiger partial charge in [0.15, 0.2) is 0 Å². The van der Waals surface area contributed by atoms with Crippen LogP contribution in [0.2, 0.25) is 0 Å². The molecule has 88 valence electrons. The number of halogens is 2. The molecule has 0 aliphatic heterocycles. The molecule has 1 rings (SSSR count). The van der Waals surface area contributed by atoms with Crippen LogP contribution in [-0.4, -0.2) is 5.78 Å². The average molecular weight is 287 g/mol. The number of hydrogen-bond donors (Lipinski definition) is 0. The van der Waals surface area contributed by atoms with Crippen molar-refractivity contribution in [1.82, 2.24) is 0 Å². The SMILES string of the molecule is CCCCCC(=O)Cc1ccc(Br)cc1F. The Morgan fingerprint density at radius 3 is 2.75 bits per heavy atom. The summed E-state index contributed by atoms with van der Waals surface area (Å²) in [6.07, 6.45) is 3.84. The fourth-order valence-corrected chi connectivity index (χ4v) is 1.87. The van der Waals surface area contributed by atoms with Gasteiger partial charge in [0.05, 0.1) is 0 Å². The Morgan fingerprint density at radius 2 is 2.12 bits per heavy atom. The van der Waals surface area contributed by atoms with Gasteiger partial charge in [0.2, 0.25) is 0 Å². The molecule has 1 aromatic rings. The van der Waals surface area contributed by atoms with Crippen LogP contribution in [0.15, 0.2) is 22.7 Å². The second-order valence-corrected chi connectivity index (χ2v) is 4.82. The van der Waals surface area contributed by atoms with E-state index in [1.165, 1.54) is 6.07 Å². The first-order valence-corrected chi connectivity index (χ1v) is 6.38. The molecule has 0 heterocycles. The largest absolute Gasteiger partial charge is 0.299 e. The first kappa shape index (κ1) is 13.4. The number of carbonyl (C=O) groups is 1. The summed E-state index contributed by atoms with van der Waals surface area (Å²) < 4.78 is 14.1. The predicted molar refractivity (Wildman–Crippen MR) is 67.0 cm³/mol. The van der Waals surface area contributed by atoms with Crippen LogP contribution in [0.5, 0.6) is 0 Å². The molecule has 0 unspecified atom stereocenters. The number of ketones is 1. The molecule has 0 aliphatic rings. The fourth-order valence-electron chi connectivity index (χ4n) is 1.54. The zero-order chi connectivity index (χ0) is 12.0. The average Bonchev–Trinajstić information content (AvgIpc) is 2.23. The predicted octanol–water partition coefficient (Wildman–Crippen LogP) is 4.28. The van der Waals surface area contributed by atoms with Crippen molar-refractivity contribution in [3.8, 4) is 0 Å². The standard InChI is InChI=1S/C13H16BrFO/c1-2-3-4-5-12(16)8-10-6-7-11(14)9-13(10)15/h6-7,9H,2-5,8H2,1H3. The maximum Gasteiger partial charge on any atom is 0.137 e. The summed E-state index contributed by atoms with van der Waals surface area (Å²) in [6, 6.07) is 4.82. The Morgan fingerprint density at radius 1 is 1.38 bits per heavy atom. The van der Waals surface area contributed by atoms with Gasteiger partial charge in [-0.1, -0.05) is 41.8 Å². The normalized spacial score (nSPS) is 10.4. The smallest absolute Gasteiger partial charge is 0.137 e. The van der Waals surface area contributed by atoms with E-state index >= 15 is 0 Å². The molecule has 0 N–H and O–H groups in total. The van der Waals surface area contributed by atoms with Crippen molar-refractivity contribution in [3.05, 3.63) is 34.1 Å². The summed E-state index contributed by atoms with van der Waals surface area (Å²) in [5.41, 5.74) is 0.490. The summed E-state index contributed by atoms with van der Waals surface area (Å²) in [4.78, 5) is 11.5. The third-order valence-corrected chi connectivity index (χ3v) is 2.96. The Labute approximate surface area is 104 Å². The lowest BCUT2D eigenvalue weighted by molar-refractivity contribution is -0.118. The molecule has 0 spiro atoms. The van der Waals surface area contributed by atoms with Crippen molar-refractivity contribution < 1.29 is 9.18 Å². The van der Waals surface area contributed by atoms with Gasteiger partial charge < -0.3 is 0 Å². The Kier molecular flexibility index (Phi) is 5.67. The molecule has 0 aromatic heterocycles. The van der Waals surface area contributed by atoms with Gasteiger partial charge >= 0.3 is 0 Å². The van der Waals surface area contributed by atoms with E-state index in [1.807, 2.05) is 0 Å². The molecular weight excluding hydrogens is 271 g/mol. The highest BCUT2D eigenvalue weighted by molar-refractivity contribution is 9.10. The molecule has 0 amide bonds. The van der Waals surface area contributed by atoms with Crippen LogP contribution in [0, 0.1) is 5.82 Å². The van der Waals surface area contributed by atoms with E-state index in [0.717, 1.165) is 19.3 Å². The lowest BCUT2D eigenvalue weighted by atomic mass is 10.0. The molecule has 3 heteroatoms. The molecule has 0 bridgehead atoms. The maximum atomic E-state index is 13.4. The summed E-state index contributed by atoms with van der Waals surface area (Å²) >= 11 is 3.19. The lowest BCUT2D eigenvalue weighted by Crippen LogP contribution is -2.04. The molecule has 0 fully saturated rings. The summed E-state index contributed by atoms with van der Waals surface area (Å²) in [5.74, 6) is -0.187.